The topological polar surface area (TPSA) is 62.5 Å². The van der Waals surface area contributed by atoms with Crippen LogP contribution in [0.1, 0.15) is 0 Å². The molecule has 0 amide bonds. The molecule has 30 heavy (non-hydrogen) atoms. The molecule has 4 aromatic carbocycles. The summed E-state index contributed by atoms with van der Waals surface area (Å²) in [5, 5.41) is 1.96. The van der Waals surface area contributed by atoms with E-state index in [0.29, 0.717) is 5.56 Å². The maximum atomic E-state index is 14.1. The Morgan fingerprint density at radius 1 is 0.700 bits per heavy atom. The SMILES string of the molecule is O=P(O)(O)c1cccc(-c2cccc(-n3c4ccccc4c4ccc(F)cc43)c2)c1. The molecule has 148 valence electrons. The first-order valence-electron chi connectivity index (χ1n) is 9.37. The number of para-hydroxylation sites is 1. The third-order valence-electron chi connectivity index (χ3n) is 5.26. The summed E-state index contributed by atoms with van der Waals surface area (Å²) in [5.74, 6) is -0.308. The molecule has 0 fully saturated rings. The third kappa shape index (κ3) is 3.14. The summed E-state index contributed by atoms with van der Waals surface area (Å²) in [6.07, 6.45) is 0. The fraction of sp³-hybridized carbons (Fsp3) is 0. The van der Waals surface area contributed by atoms with Crippen molar-refractivity contribution >= 4 is 34.7 Å². The van der Waals surface area contributed by atoms with Crippen molar-refractivity contribution in [2.75, 3.05) is 0 Å². The molecule has 0 aliphatic heterocycles. The Bertz CT molecular complexity index is 1470. The van der Waals surface area contributed by atoms with Gasteiger partial charge in [0, 0.05) is 16.5 Å². The smallest absolute Gasteiger partial charge is 0.321 e. The van der Waals surface area contributed by atoms with Gasteiger partial charge in [0.1, 0.15) is 5.82 Å². The van der Waals surface area contributed by atoms with Gasteiger partial charge in [0.2, 0.25) is 0 Å². The highest BCUT2D eigenvalue weighted by Crippen LogP contribution is 2.36. The average Bonchev–Trinajstić information content (AvgIpc) is 3.07. The minimum absolute atomic E-state index is 0.0238. The van der Waals surface area contributed by atoms with Crippen LogP contribution >= 0.6 is 7.60 Å². The molecule has 6 heteroatoms. The van der Waals surface area contributed by atoms with Crippen molar-refractivity contribution in [3.8, 4) is 16.8 Å². The lowest BCUT2D eigenvalue weighted by Crippen LogP contribution is -2.03. The van der Waals surface area contributed by atoms with E-state index in [1.54, 1.807) is 12.1 Å². The second-order valence-corrected chi connectivity index (χ2v) is 8.76. The van der Waals surface area contributed by atoms with Crippen molar-refractivity contribution in [2.45, 2.75) is 0 Å². The number of aromatic nitrogens is 1. The van der Waals surface area contributed by atoms with E-state index < -0.39 is 7.60 Å². The van der Waals surface area contributed by atoms with Gasteiger partial charge in [0.05, 0.1) is 16.3 Å². The summed E-state index contributed by atoms with van der Waals surface area (Å²) < 4.78 is 27.7. The van der Waals surface area contributed by atoms with Crippen LogP contribution in [0.2, 0.25) is 0 Å². The Balaban J connectivity index is 1.75. The van der Waals surface area contributed by atoms with Gasteiger partial charge < -0.3 is 14.4 Å². The number of benzene rings is 4. The van der Waals surface area contributed by atoms with Crippen LogP contribution in [0.15, 0.2) is 91.0 Å². The molecule has 0 saturated carbocycles. The third-order valence-corrected chi connectivity index (χ3v) is 6.21. The highest BCUT2D eigenvalue weighted by molar-refractivity contribution is 7.60. The number of nitrogens with zero attached hydrogens (tertiary/aromatic N) is 1. The average molecular weight is 417 g/mol. The number of hydrogen-bond donors (Lipinski definition) is 2. The van der Waals surface area contributed by atoms with Gasteiger partial charge in [-0.1, -0.05) is 42.5 Å². The summed E-state index contributed by atoms with van der Waals surface area (Å²) in [6.45, 7) is 0. The van der Waals surface area contributed by atoms with Gasteiger partial charge in [-0.2, -0.15) is 0 Å². The first-order valence-corrected chi connectivity index (χ1v) is 11.0. The first-order chi connectivity index (χ1) is 14.4. The molecule has 0 radical (unpaired) electrons. The number of hydrogen-bond acceptors (Lipinski definition) is 1. The van der Waals surface area contributed by atoms with Crippen LogP contribution in [0.3, 0.4) is 0 Å². The van der Waals surface area contributed by atoms with Crippen LogP contribution in [0.5, 0.6) is 0 Å². The molecule has 0 atom stereocenters. The lowest BCUT2D eigenvalue weighted by atomic mass is 10.1. The Morgan fingerprint density at radius 3 is 2.20 bits per heavy atom. The van der Waals surface area contributed by atoms with E-state index in [-0.39, 0.29) is 11.1 Å². The van der Waals surface area contributed by atoms with E-state index in [2.05, 4.69) is 0 Å². The zero-order valence-electron chi connectivity index (χ0n) is 15.7. The van der Waals surface area contributed by atoms with E-state index in [9.17, 15) is 18.7 Å². The van der Waals surface area contributed by atoms with Crippen LogP contribution in [0, 0.1) is 5.82 Å². The molecule has 1 heterocycles. The van der Waals surface area contributed by atoms with E-state index >= 15 is 0 Å². The van der Waals surface area contributed by atoms with Gasteiger partial charge in [0.15, 0.2) is 0 Å². The zero-order chi connectivity index (χ0) is 20.9. The zero-order valence-corrected chi connectivity index (χ0v) is 16.6. The summed E-state index contributed by atoms with van der Waals surface area (Å²) in [4.78, 5) is 19.0. The normalized spacial score (nSPS) is 12.0. The molecule has 0 aliphatic carbocycles. The molecule has 4 nitrogen and oxygen atoms in total. The highest BCUT2D eigenvalue weighted by atomic mass is 31.2. The maximum absolute atomic E-state index is 14.1. The number of fused-ring (bicyclic) bond motifs is 3. The van der Waals surface area contributed by atoms with Crippen molar-refractivity contribution in [3.63, 3.8) is 0 Å². The van der Waals surface area contributed by atoms with Crippen molar-refractivity contribution in [3.05, 3.63) is 96.8 Å². The minimum Gasteiger partial charge on any atom is -0.321 e. The Labute approximate surface area is 172 Å². The predicted molar refractivity (Wildman–Crippen MR) is 118 cm³/mol. The Hall–Kier alpha value is -3.24. The molecule has 0 unspecified atom stereocenters. The Morgan fingerprint density at radius 2 is 1.40 bits per heavy atom. The van der Waals surface area contributed by atoms with Gasteiger partial charge in [-0.3, -0.25) is 4.57 Å². The second kappa shape index (κ2) is 6.92. The molecule has 0 saturated heterocycles. The molecular weight excluding hydrogens is 400 g/mol. The predicted octanol–water partition coefficient (Wildman–Crippen LogP) is 5.39. The molecule has 1 aromatic heterocycles. The first kappa shape index (κ1) is 18.8. The second-order valence-electron chi connectivity index (χ2n) is 7.16. The highest BCUT2D eigenvalue weighted by Gasteiger charge is 2.18. The van der Waals surface area contributed by atoms with E-state index in [0.717, 1.165) is 33.1 Å². The van der Waals surface area contributed by atoms with Gasteiger partial charge in [-0.05, 0) is 59.7 Å². The largest absolute Gasteiger partial charge is 0.356 e. The van der Waals surface area contributed by atoms with Crippen molar-refractivity contribution < 1.29 is 18.7 Å². The van der Waals surface area contributed by atoms with Gasteiger partial charge in [0.25, 0.3) is 0 Å². The van der Waals surface area contributed by atoms with Crippen LogP contribution in [-0.4, -0.2) is 14.4 Å². The summed E-state index contributed by atoms with van der Waals surface area (Å²) in [6, 6.07) is 26.7. The summed E-state index contributed by atoms with van der Waals surface area (Å²) in [7, 11) is -4.34. The van der Waals surface area contributed by atoms with Crippen molar-refractivity contribution in [2.24, 2.45) is 0 Å². The fourth-order valence-electron chi connectivity index (χ4n) is 3.91. The minimum atomic E-state index is -4.34. The van der Waals surface area contributed by atoms with Crippen molar-refractivity contribution in [1.82, 2.24) is 4.57 Å². The lowest BCUT2D eigenvalue weighted by molar-refractivity contribution is 0.387. The molecule has 0 aliphatic rings. The molecular formula is C24H17FNO3P. The van der Waals surface area contributed by atoms with Crippen LogP contribution in [0.4, 0.5) is 4.39 Å². The Kier molecular flexibility index (Phi) is 4.33. The van der Waals surface area contributed by atoms with Crippen LogP contribution < -0.4 is 5.30 Å². The van der Waals surface area contributed by atoms with E-state index in [1.807, 2.05) is 59.2 Å². The standard InChI is InChI=1S/C24H17FNO3P/c25-18-11-12-22-21-9-1-2-10-23(21)26(24(22)15-18)19-7-3-5-16(13-19)17-6-4-8-20(14-17)30(27,28)29/h1-15H,(H2,27,28,29). The fourth-order valence-corrected chi connectivity index (χ4v) is 4.50. The molecule has 5 aromatic rings. The monoisotopic (exact) mass is 417 g/mol. The molecule has 2 N–H and O–H groups in total. The summed E-state index contributed by atoms with van der Waals surface area (Å²) in [5.41, 5.74) is 4.07. The van der Waals surface area contributed by atoms with Gasteiger partial charge in [-0.25, -0.2) is 4.39 Å². The van der Waals surface area contributed by atoms with E-state index in [1.165, 1.54) is 24.3 Å². The lowest BCUT2D eigenvalue weighted by Gasteiger charge is -2.11. The summed E-state index contributed by atoms with van der Waals surface area (Å²) >= 11 is 0. The molecule has 5 rings (SSSR count). The maximum Gasteiger partial charge on any atom is 0.356 e. The van der Waals surface area contributed by atoms with Crippen molar-refractivity contribution in [1.29, 1.82) is 0 Å². The van der Waals surface area contributed by atoms with E-state index in [4.69, 9.17) is 0 Å². The molecule has 0 spiro atoms. The molecule has 0 bridgehead atoms. The van der Waals surface area contributed by atoms with Gasteiger partial charge in [-0.15, -0.1) is 0 Å². The van der Waals surface area contributed by atoms with Crippen LogP contribution in [-0.2, 0) is 4.57 Å². The van der Waals surface area contributed by atoms with Gasteiger partial charge >= 0.3 is 7.60 Å². The quantitative estimate of drug-likeness (QED) is 0.387. The van der Waals surface area contributed by atoms with Crippen LogP contribution in [0.25, 0.3) is 38.6 Å². The number of rotatable bonds is 3. The number of halogens is 1.